The topological polar surface area (TPSA) is 47.0 Å². The third-order valence-corrected chi connectivity index (χ3v) is 3.90. The van der Waals surface area contributed by atoms with Crippen LogP contribution in [-0.4, -0.2) is 16.9 Å². The summed E-state index contributed by atoms with van der Waals surface area (Å²) in [5.74, 6) is 3.90. The van der Waals surface area contributed by atoms with E-state index in [2.05, 4.69) is 4.98 Å². The highest BCUT2D eigenvalue weighted by Crippen LogP contribution is 2.13. The zero-order chi connectivity index (χ0) is 13.7. The van der Waals surface area contributed by atoms with Crippen molar-refractivity contribution in [2.75, 3.05) is 0 Å². The van der Waals surface area contributed by atoms with Gasteiger partial charge in [0.2, 0.25) is 0 Å². The molecule has 5 heteroatoms. The van der Waals surface area contributed by atoms with Crippen LogP contribution in [-0.2, 0) is 28.3 Å². The summed E-state index contributed by atoms with van der Waals surface area (Å²) in [6.45, 7) is 0. The van der Waals surface area contributed by atoms with Gasteiger partial charge in [-0.1, -0.05) is 6.07 Å². The lowest BCUT2D eigenvalue weighted by Crippen LogP contribution is -2.27. The molecule has 19 heavy (non-hydrogen) atoms. The molecule has 1 aromatic carbocycles. The van der Waals surface area contributed by atoms with Crippen LogP contribution in [0.4, 0.5) is 0 Å². The number of thiazole rings is 1. The monoisotopic (exact) mass is 291 g/mol. The first kappa shape index (κ1) is 13.7. The van der Waals surface area contributed by atoms with Gasteiger partial charge in [0.05, 0.1) is 27.0 Å². The normalized spacial score (nSPS) is 9.95. The summed E-state index contributed by atoms with van der Waals surface area (Å²) < 4.78 is 0. The second-order valence-electron chi connectivity index (χ2n) is 3.95. The molecule has 0 saturated heterocycles. The van der Waals surface area contributed by atoms with Gasteiger partial charge in [0, 0.05) is 11.8 Å². The largest absolute Gasteiger partial charge is 0.245 e. The fourth-order valence-electron chi connectivity index (χ4n) is 1.70. The zero-order valence-electron chi connectivity index (χ0n) is 9.98. The van der Waals surface area contributed by atoms with E-state index in [1.54, 1.807) is 35.4 Å². The Kier molecular flexibility index (Phi) is 4.67. The highest BCUT2D eigenvalue weighted by molar-refractivity contribution is 7.09. The Morgan fingerprint density at radius 1 is 1.16 bits per heavy atom. The maximum atomic E-state index is 10.7. The van der Waals surface area contributed by atoms with Gasteiger partial charge in [0.1, 0.15) is 11.9 Å². The van der Waals surface area contributed by atoms with E-state index < -0.39 is 0 Å². The second-order valence-corrected chi connectivity index (χ2v) is 5.16. The van der Waals surface area contributed by atoms with E-state index in [1.165, 1.54) is 0 Å². The average Bonchev–Trinajstić information content (AvgIpc) is 2.92. The summed E-state index contributed by atoms with van der Waals surface area (Å²) in [6, 6.07) is 5.08. The van der Waals surface area contributed by atoms with Crippen molar-refractivity contribution in [1.29, 1.82) is 0 Å². The van der Waals surface area contributed by atoms with Crippen molar-refractivity contribution in [3.63, 3.8) is 0 Å². The predicted octanol–water partition coefficient (Wildman–Crippen LogP) is 0.674. The van der Waals surface area contributed by atoms with Crippen LogP contribution in [0.2, 0.25) is 0 Å². The minimum atomic E-state index is 0.248. The number of hydrogen-bond donors (Lipinski definition) is 0. The molecule has 96 valence electrons. The van der Waals surface area contributed by atoms with Crippen LogP contribution in [0.1, 0.15) is 16.3 Å². The molecule has 0 radical (unpaired) electrons. The van der Waals surface area contributed by atoms with Crippen molar-refractivity contribution in [3.8, 4) is 0 Å². The van der Waals surface area contributed by atoms with Crippen molar-refractivity contribution in [2.24, 2.45) is 0 Å². The predicted molar refractivity (Wildman–Crippen MR) is 74.4 cm³/mol. The van der Waals surface area contributed by atoms with E-state index in [0.29, 0.717) is 5.88 Å². The number of hydrogen-bond acceptors (Lipinski definition) is 4. The number of nitrogens with zero attached hydrogens (tertiary/aromatic N) is 1. The minimum Gasteiger partial charge on any atom is -0.245 e. The molecule has 0 N–H and O–H groups in total. The summed E-state index contributed by atoms with van der Waals surface area (Å²) in [6.07, 6.45) is 1.53. The molecule has 0 spiro atoms. The number of alkyl halides is 1. The molecule has 0 aliphatic carbocycles. The standard InChI is InChI=1S/C14H10ClNO2S/c15-6-13-9-19-14(16-13)4-2-10-1-3-11(7-17)12(5-10)8-18/h1,3,5,9H,2,4,6H2. The quantitative estimate of drug-likeness (QED) is 0.778. The smallest absolute Gasteiger partial charge is 0.133 e. The average molecular weight is 292 g/mol. The molecule has 2 aromatic rings. The maximum absolute atomic E-state index is 10.7. The van der Waals surface area contributed by atoms with E-state index in [4.69, 9.17) is 11.6 Å². The van der Waals surface area contributed by atoms with Crippen LogP contribution >= 0.6 is 22.9 Å². The molecule has 0 amide bonds. The molecular weight excluding hydrogens is 282 g/mol. The molecule has 0 unspecified atom stereocenters. The van der Waals surface area contributed by atoms with E-state index in [-0.39, 0.29) is 10.4 Å². The molecule has 1 aromatic heterocycles. The highest BCUT2D eigenvalue weighted by Gasteiger charge is 2.02. The third kappa shape index (κ3) is 3.40. The van der Waals surface area contributed by atoms with Crippen LogP contribution in [0, 0.1) is 0 Å². The van der Waals surface area contributed by atoms with Gasteiger partial charge in [-0.25, -0.2) is 14.6 Å². The molecular formula is C14H10ClNO2S. The number of halogens is 1. The first-order chi connectivity index (χ1) is 9.26. The zero-order valence-corrected chi connectivity index (χ0v) is 11.6. The van der Waals surface area contributed by atoms with Gasteiger partial charge in [-0.2, -0.15) is 0 Å². The fraction of sp³-hybridized carbons (Fsp3) is 0.214. The Morgan fingerprint density at radius 3 is 2.58 bits per heavy atom. The number of aryl methyl sites for hydroxylation is 2. The molecule has 3 nitrogen and oxygen atoms in total. The summed E-state index contributed by atoms with van der Waals surface area (Å²) >= 11 is 7.27. The van der Waals surface area contributed by atoms with E-state index in [0.717, 1.165) is 29.1 Å². The summed E-state index contributed by atoms with van der Waals surface area (Å²) in [4.78, 5) is 25.7. The van der Waals surface area contributed by atoms with Gasteiger partial charge in [-0.3, -0.25) is 0 Å². The Hall–Kier alpha value is -1.70. The Morgan fingerprint density at radius 2 is 1.95 bits per heavy atom. The molecule has 0 bridgehead atoms. The highest BCUT2D eigenvalue weighted by atomic mass is 35.5. The summed E-state index contributed by atoms with van der Waals surface area (Å²) in [5.41, 5.74) is 1.86. The molecule has 0 saturated carbocycles. The van der Waals surface area contributed by atoms with Crippen molar-refractivity contribution >= 4 is 34.8 Å². The third-order valence-electron chi connectivity index (χ3n) is 2.67. The van der Waals surface area contributed by atoms with Gasteiger partial charge in [0.25, 0.3) is 0 Å². The minimum absolute atomic E-state index is 0.248. The van der Waals surface area contributed by atoms with Crippen LogP contribution in [0.15, 0.2) is 23.6 Å². The number of carbonyl (C=O) groups excluding carboxylic acids is 2. The van der Waals surface area contributed by atoms with Crippen molar-refractivity contribution in [3.05, 3.63) is 50.3 Å². The number of benzene rings is 1. The van der Waals surface area contributed by atoms with E-state index in [9.17, 15) is 9.59 Å². The van der Waals surface area contributed by atoms with Crippen LogP contribution < -0.4 is 10.4 Å². The lowest BCUT2D eigenvalue weighted by Gasteiger charge is -1.98. The Labute approximate surface area is 118 Å². The fourth-order valence-corrected chi connectivity index (χ4v) is 2.72. The summed E-state index contributed by atoms with van der Waals surface area (Å²) in [5, 5.41) is 3.46. The molecule has 0 aliphatic heterocycles. The van der Waals surface area contributed by atoms with E-state index in [1.807, 2.05) is 11.4 Å². The van der Waals surface area contributed by atoms with Crippen LogP contribution in [0.3, 0.4) is 0 Å². The van der Waals surface area contributed by atoms with Crippen LogP contribution in [0.5, 0.6) is 0 Å². The SMILES string of the molecule is O=C=c1ccc(CCc2nc(CCl)cs2)cc1=C=O. The lowest BCUT2D eigenvalue weighted by atomic mass is 10.1. The molecule has 0 aliphatic rings. The first-order valence-electron chi connectivity index (χ1n) is 5.65. The number of aromatic nitrogens is 1. The Balaban J connectivity index is 2.16. The van der Waals surface area contributed by atoms with Gasteiger partial charge < -0.3 is 0 Å². The second kappa shape index (κ2) is 6.46. The Bertz CT molecular complexity index is 743. The van der Waals surface area contributed by atoms with E-state index >= 15 is 0 Å². The number of rotatable bonds is 4. The lowest BCUT2D eigenvalue weighted by molar-refractivity contribution is 0.564. The van der Waals surface area contributed by atoms with Gasteiger partial charge in [-0.15, -0.1) is 22.9 Å². The molecule has 0 fully saturated rings. The molecule has 2 rings (SSSR count). The molecule has 1 heterocycles. The molecule has 0 atom stereocenters. The van der Waals surface area contributed by atoms with Gasteiger partial charge in [-0.05, 0) is 24.1 Å². The van der Waals surface area contributed by atoms with Crippen molar-refractivity contribution in [2.45, 2.75) is 18.7 Å². The van der Waals surface area contributed by atoms with Gasteiger partial charge in [0.15, 0.2) is 0 Å². The first-order valence-corrected chi connectivity index (χ1v) is 7.06. The van der Waals surface area contributed by atoms with Crippen molar-refractivity contribution in [1.82, 2.24) is 4.98 Å². The summed E-state index contributed by atoms with van der Waals surface area (Å²) in [7, 11) is 0. The van der Waals surface area contributed by atoms with Crippen molar-refractivity contribution < 1.29 is 9.59 Å². The maximum Gasteiger partial charge on any atom is 0.133 e. The van der Waals surface area contributed by atoms with Crippen LogP contribution in [0.25, 0.3) is 0 Å². The van der Waals surface area contributed by atoms with Gasteiger partial charge >= 0.3 is 0 Å².